The Balaban J connectivity index is 2.35. The van der Waals surface area contributed by atoms with Crippen LogP contribution in [-0.4, -0.2) is 24.9 Å². The first kappa shape index (κ1) is 13.6. The maximum absolute atomic E-state index is 12.6. The van der Waals surface area contributed by atoms with Gasteiger partial charge in [0.15, 0.2) is 9.84 Å². The third kappa shape index (κ3) is 2.59. The summed E-state index contributed by atoms with van der Waals surface area (Å²) in [6, 6.07) is 5.42. The fourth-order valence-corrected chi connectivity index (χ4v) is 4.78. The Kier molecular flexibility index (Phi) is 3.78. The van der Waals surface area contributed by atoms with E-state index in [9.17, 15) is 13.5 Å². The van der Waals surface area contributed by atoms with Gasteiger partial charge in [-0.1, -0.05) is 17.7 Å². The van der Waals surface area contributed by atoms with Crippen LogP contribution < -0.4 is 0 Å². The lowest BCUT2D eigenvalue weighted by Gasteiger charge is -2.26. The fourth-order valence-electron chi connectivity index (χ4n) is 2.70. The average molecular weight is 268 g/mol. The lowest BCUT2D eigenvalue weighted by molar-refractivity contribution is 0.131. The van der Waals surface area contributed by atoms with Crippen molar-refractivity contribution in [1.29, 1.82) is 0 Å². The van der Waals surface area contributed by atoms with Gasteiger partial charge in [0.1, 0.15) is 0 Å². The van der Waals surface area contributed by atoms with E-state index in [-0.39, 0.29) is 0 Å². The Morgan fingerprint density at radius 3 is 2.56 bits per heavy atom. The number of hydrogen-bond donors (Lipinski definition) is 1. The molecule has 0 amide bonds. The molecule has 3 nitrogen and oxygen atoms in total. The van der Waals surface area contributed by atoms with Crippen LogP contribution in [0.15, 0.2) is 23.1 Å². The zero-order valence-electron chi connectivity index (χ0n) is 10.9. The van der Waals surface area contributed by atoms with Crippen molar-refractivity contribution in [2.75, 3.05) is 0 Å². The molecule has 1 saturated carbocycles. The van der Waals surface area contributed by atoms with Gasteiger partial charge in [-0.25, -0.2) is 8.42 Å². The Bertz CT molecular complexity index is 534. The standard InChI is InChI=1S/C14H20O3S/c1-10-6-7-14(11(2)8-10)18(16,17)13-5-3-4-12(15)9-13/h6-8,12-13,15H,3-5,9H2,1-2H3. The van der Waals surface area contributed by atoms with Crippen LogP contribution in [0.1, 0.15) is 36.8 Å². The number of aliphatic hydroxyl groups excluding tert-OH is 1. The number of hydrogen-bond acceptors (Lipinski definition) is 3. The molecule has 18 heavy (non-hydrogen) atoms. The highest BCUT2D eigenvalue weighted by molar-refractivity contribution is 7.92. The molecule has 0 saturated heterocycles. The Hall–Kier alpha value is -0.870. The molecule has 4 heteroatoms. The van der Waals surface area contributed by atoms with Gasteiger partial charge in [0.05, 0.1) is 16.2 Å². The van der Waals surface area contributed by atoms with E-state index >= 15 is 0 Å². The van der Waals surface area contributed by atoms with Crippen molar-refractivity contribution in [1.82, 2.24) is 0 Å². The molecule has 0 bridgehead atoms. The van der Waals surface area contributed by atoms with Gasteiger partial charge in [-0.05, 0) is 51.2 Å². The number of benzene rings is 1. The molecular formula is C14H20O3S. The quantitative estimate of drug-likeness (QED) is 0.896. The highest BCUT2D eigenvalue weighted by atomic mass is 32.2. The predicted octanol–water partition coefficient (Wildman–Crippen LogP) is 2.38. The van der Waals surface area contributed by atoms with Gasteiger partial charge in [-0.2, -0.15) is 0 Å². The van der Waals surface area contributed by atoms with Crippen molar-refractivity contribution in [3.8, 4) is 0 Å². The molecular weight excluding hydrogens is 248 g/mol. The summed E-state index contributed by atoms with van der Waals surface area (Å²) in [5.41, 5.74) is 1.87. The first-order chi connectivity index (χ1) is 8.41. The zero-order chi connectivity index (χ0) is 13.3. The molecule has 0 heterocycles. The van der Waals surface area contributed by atoms with Crippen molar-refractivity contribution >= 4 is 9.84 Å². The zero-order valence-corrected chi connectivity index (χ0v) is 11.7. The summed E-state index contributed by atoms with van der Waals surface area (Å²) in [7, 11) is -3.30. The van der Waals surface area contributed by atoms with E-state index in [1.165, 1.54) is 0 Å². The van der Waals surface area contributed by atoms with Crippen LogP contribution in [0, 0.1) is 13.8 Å². The first-order valence-corrected chi connectivity index (χ1v) is 7.95. The monoisotopic (exact) mass is 268 g/mol. The molecule has 0 aliphatic heterocycles. The van der Waals surface area contributed by atoms with Gasteiger partial charge in [-0.3, -0.25) is 0 Å². The third-order valence-electron chi connectivity index (χ3n) is 3.67. The first-order valence-electron chi connectivity index (χ1n) is 6.40. The summed E-state index contributed by atoms with van der Waals surface area (Å²) in [6.45, 7) is 3.78. The summed E-state index contributed by atoms with van der Waals surface area (Å²) in [6.07, 6.45) is 2.07. The molecule has 2 atom stereocenters. The van der Waals surface area contributed by atoms with Crippen molar-refractivity contribution in [2.24, 2.45) is 0 Å². The van der Waals surface area contributed by atoms with E-state index in [1.807, 2.05) is 26.0 Å². The fraction of sp³-hybridized carbons (Fsp3) is 0.571. The minimum atomic E-state index is -3.30. The Morgan fingerprint density at radius 1 is 1.22 bits per heavy atom. The largest absolute Gasteiger partial charge is 0.393 e. The average Bonchev–Trinajstić information content (AvgIpc) is 2.28. The highest BCUT2D eigenvalue weighted by Gasteiger charge is 2.33. The molecule has 0 spiro atoms. The molecule has 2 rings (SSSR count). The molecule has 2 unspecified atom stereocenters. The summed E-state index contributed by atoms with van der Waals surface area (Å²) in [5.74, 6) is 0. The molecule has 1 aromatic rings. The number of sulfone groups is 1. The maximum atomic E-state index is 12.6. The van der Waals surface area contributed by atoms with Crippen LogP contribution in [0.3, 0.4) is 0 Å². The maximum Gasteiger partial charge on any atom is 0.181 e. The van der Waals surface area contributed by atoms with Crippen molar-refractivity contribution < 1.29 is 13.5 Å². The van der Waals surface area contributed by atoms with E-state index in [4.69, 9.17) is 0 Å². The van der Waals surface area contributed by atoms with Crippen LogP contribution in [0.2, 0.25) is 0 Å². The normalized spacial score (nSPS) is 25.1. The summed E-state index contributed by atoms with van der Waals surface area (Å²) in [5, 5.41) is 9.21. The van der Waals surface area contributed by atoms with E-state index in [2.05, 4.69) is 0 Å². The van der Waals surface area contributed by atoms with Crippen LogP contribution in [-0.2, 0) is 9.84 Å². The molecule has 1 aromatic carbocycles. The molecule has 100 valence electrons. The topological polar surface area (TPSA) is 54.4 Å². The van der Waals surface area contributed by atoms with Crippen LogP contribution in [0.4, 0.5) is 0 Å². The summed E-state index contributed by atoms with van der Waals surface area (Å²) >= 11 is 0. The number of aliphatic hydroxyl groups is 1. The number of aryl methyl sites for hydroxylation is 2. The van der Waals surface area contributed by atoms with Crippen molar-refractivity contribution in [3.05, 3.63) is 29.3 Å². The third-order valence-corrected chi connectivity index (χ3v) is 6.05. The summed E-state index contributed by atoms with van der Waals surface area (Å²) < 4.78 is 25.1. The molecule has 1 aliphatic rings. The van der Waals surface area contributed by atoms with E-state index < -0.39 is 21.2 Å². The smallest absolute Gasteiger partial charge is 0.181 e. The molecule has 1 fully saturated rings. The second-order valence-electron chi connectivity index (χ2n) is 5.26. The SMILES string of the molecule is Cc1ccc(S(=O)(=O)C2CCCC(O)C2)c(C)c1. The second-order valence-corrected chi connectivity index (χ2v) is 7.45. The van der Waals surface area contributed by atoms with E-state index in [1.54, 1.807) is 6.07 Å². The Labute approximate surface area is 109 Å². The predicted molar refractivity (Wildman–Crippen MR) is 71.4 cm³/mol. The van der Waals surface area contributed by atoms with E-state index in [0.717, 1.165) is 24.0 Å². The molecule has 1 N–H and O–H groups in total. The molecule has 1 aliphatic carbocycles. The van der Waals surface area contributed by atoms with Gasteiger partial charge in [0.25, 0.3) is 0 Å². The second kappa shape index (κ2) is 5.02. The molecule has 0 aromatic heterocycles. The highest BCUT2D eigenvalue weighted by Crippen LogP contribution is 2.30. The van der Waals surface area contributed by atoms with Crippen LogP contribution >= 0.6 is 0 Å². The number of rotatable bonds is 2. The minimum absolute atomic E-state index is 0.371. The minimum Gasteiger partial charge on any atom is -0.393 e. The summed E-state index contributed by atoms with van der Waals surface area (Å²) in [4.78, 5) is 0.423. The van der Waals surface area contributed by atoms with E-state index in [0.29, 0.717) is 17.7 Å². The molecule has 0 radical (unpaired) electrons. The Morgan fingerprint density at radius 2 is 1.94 bits per heavy atom. The van der Waals surface area contributed by atoms with Gasteiger partial charge in [-0.15, -0.1) is 0 Å². The van der Waals surface area contributed by atoms with Gasteiger partial charge in [0, 0.05) is 0 Å². The van der Waals surface area contributed by atoms with Crippen LogP contribution in [0.5, 0.6) is 0 Å². The lowest BCUT2D eigenvalue weighted by atomic mass is 9.97. The van der Waals surface area contributed by atoms with Crippen molar-refractivity contribution in [3.63, 3.8) is 0 Å². The lowest BCUT2D eigenvalue weighted by Crippen LogP contribution is -2.31. The van der Waals surface area contributed by atoms with Gasteiger partial charge in [0.2, 0.25) is 0 Å². The van der Waals surface area contributed by atoms with Crippen LogP contribution in [0.25, 0.3) is 0 Å². The van der Waals surface area contributed by atoms with Gasteiger partial charge < -0.3 is 5.11 Å². The van der Waals surface area contributed by atoms with Gasteiger partial charge >= 0.3 is 0 Å². The van der Waals surface area contributed by atoms with Crippen molar-refractivity contribution in [2.45, 2.75) is 55.8 Å².